The van der Waals surface area contributed by atoms with Crippen LogP contribution in [0, 0.1) is 5.92 Å². The van der Waals surface area contributed by atoms with E-state index in [-0.39, 0.29) is 23.1 Å². The van der Waals surface area contributed by atoms with Crippen molar-refractivity contribution in [2.75, 3.05) is 26.2 Å². The van der Waals surface area contributed by atoms with Crippen LogP contribution in [0.3, 0.4) is 0 Å². The summed E-state index contributed by atoms with van der Waals surface area (Å²) in [4.78, 5) is 26.8. The molecule has 0 aliphatic carbocycles. The third-order valence-electron chi connectivity index (χ3n) is 5.38. The van der Waals surface area contributed by atoms with Crippen LogP contribution in [-0.2, 0) is 10.2 Å². The fraction of sp³-hybridized carbons (Fsp3) is 0.478. The molecule has 1 aromatic heterocycles. The van der Waals surface area contributed by atoms with Crippen molar-refractivity contribution in [1.29, 1.82) is 0 Å². The zero-order valence-corrected chi connectivity index (χ0v) is 17.5. The van der Waals surface area contributed by atoms with E-state index in [1.54, 1.807) is 11.0 Å². The molecule has 1 aromatic carbocycles. The minimum absolute atomic E-state index is 0.0352. The Bertz CT molecular complexity index is 849. The highest BCUT2D eigenvalue weighted by Gasteiger charge is 2.30. The van der Waals surface area contributed by atoms with Crippen LogP contribution in [0.25, 0.3) is 11.3 Å². The molecular weight excluding hydrogens is 366 g/mol. The Hall–Kier alpha value is -2.60. The van der Waals surface area contributed by atoms with Crippen molar-refractivity contribution in [3.8, 4) is 11.3 Å². The van der Waals surface area contributed by atoms with Crippen molar-refractivity contribution < 1.29 is 14.0 Å². The minimum atomic E-state index is -0.196. The molecule has 29 heavy (non-hydrogen) atoms. The summed E-state index contributed by atoms with van der Waals surface area (Å²) in [5, 5.41) is 2.82. The molecule has 1 fully saturated rings. The molecule has 0 bridgehead atoms. The van der Waals surface area contributed by atoms with Crippen LogP contribution in [0.2, 0.25) is 0 Å². The Kier molecular flexibility index (Phi) is 6.42. The van der Waals surface area contributed by atoms with Crippen molar-refractivity contribution in [2.45, 2.75) is 39.0 Å². The van der Waals surface area contributed by atoms with E-state index >= 15 is 0 Å². The van der Waals surface area contributed by atoms with E-state index in [1.165, 1.54) is 5.56 Å². The Balaban J connectivity index is 1.68. The molecule has 2 aromatic rings. The Morgan fingerprint density at radius 3 is 2.55 bits per heavy atom. The van der Waals surface area contributed by atoms with Gasteiger partial charge < -0.3 is 20.4 Å². The summed E-state index contributed by atoms with van der Waals surface area (Å²) in [7, 11) is 0. The van der Waals surface area contributed by atoms with Crippen LogP contribution in [0.15, 0.2) is 40.8 Å². The number of amides is 2. The maximum absolute atomic E-state index is 12.9. The summed E-state index contributed by atoms with van der Waals surface area (Å²) < 4.78 is 5.86. The summed E-state index contributed by atoms with van der Waals surface area (Å²) in [6.07, 6.45) is 1.58. The van der Waals surface area contributed by atoms with Crippen molar-refractivity contribution >= 4 is 11.8 Å². The molecule has 1 unspecified atom stereocenters. The molecule has 1 saturated heterocycles. The number of carbonyl (C=O) groups is 2. The topological polar surface area (TPSA) is 88.6 Å². The smallest absolute Gasteiger partial charge is 0.289 e. The number of piperidine rings is 1. The summed E-state index contributed by atoms with van der Waals surface area (Å²) >= 11 is 0. The van der Waals surface area contributed by atoms with E-state index in [2.05, 4.69) is 38.2 Å². The van der Waals surface area contributed by atoms with Crippen LogP contribution >= 0.6 is 0 Å². The number of nitrogens with two attached hydrogens (primary N) is 1. The number of hydrogen-bond acceptors (Lipinski definition) is 4. The second-order valence-corrected chi connectivity index (χ2v) is 8.66. The van der Waals surface area contributed by atoms with E-state index < -0.39 is 0 Å². The highest BCUT2D eigenvalue weighted by Crippen LogP contribution is 2.28. The Morgan fingerprint density at radius 1 is 1.17 bits per heavy atom. The van der Waals surface area contributed by atoms with Gasteiger partial charge >= 0.3 is 0 Å². The molecule has 6 heteroatoms. The van der Waals surface area contributed by atoms with Crippen molar-refractivity contribution in [2.24, 2.45) is 11.7 Å². The van der Waals surface area contributed by atoms with Gasteiger partial charge in [-0.05, 0) is 36.0 Å². The van der Waals surface area contributed by atoms with Gasteiger partial charge in [0.1, 0.15) is 5.76 Å². The van der Waals surface area contributed by atoms with Crippen LogP contribution in [-0.4, -0.2) is 42.9 Å². The molecule has 1 aliphatic rings. The zero-order valence-electron chi connectivity index (χ0n) is 17.5. The van der Waals surface area contributed by atoms with Gasteiger partial charge in [-0.3, -0.25) is 9.59 Å². The Morgan fingerprint density at radius 2 is 1.90 bits per heavy atom. The molecule has 3 rings (SSSR count). The second-order valence-electron chi connectivity index (χ2n) is 8.66. The average molecular weight is 398 g/mol. The lowest BCUT2D eigenvalue weighted by molar-refractivity contribution is -0.126. The third-order valence-corrected chi connectivity index (χ3v) is 5.38. The summed E-state index contributed by atoms with van der Waals surface area (Å²) in [5.74, 6) is 0.579. The maximum atomic E-state index is 12.9. The van der Waals surface area contributed by atoms with Crippen molar-refractivity contribution in [3.63, 3.8) is 0 Å². The number of furan rings is 1. The molecule has 0 spiro atoms. The SMILES string of the molecule is CC(C)(C)c1ccc(-c2ccc(C(=O)N3CCCC(C(=O)NCCN)C3)o2)cc1. The normalized spacial score (nSPS) is 17.2. The zero-order chi connectivity index (χ0) is 21.0. The molecule has 2 heterocycles. The van der Waals surface area contributed by atoms with Crippen LogP contribution in [0.1, 0.15) is 49.7 Å². The van der Waals surface area contributed by atoms with Gasteiger partial charge in [0.2, 0.25) is 5.91 Å². The monoisotopic (exact) mass is 397 g/mol. The van der Waals surface area contributed by atoms with Crippen LogP contribution in [0.4, 0.5) is 0 Å². The molecular formula is C23H31N3O3. The number of rotatable bonds is 5. The molecule has 2 amide bonds. The number of likely N-dealkylation sites (tertiary alicyclic amines) is 1. The molecule has 1 atom stereocenters. The van der Waals surface area contributed by atoms with E-state index in [0.717, 1.165) is 18.4 Å². The summed E-state index contributed by atoms with van der Waals surface area (Å²) in [6.45, 7) is 8.43. The molecule has 156 valence electrons. The van der Waals surface area contributed by atoms with Gasteiger partial charge in [-0.2, -0.15) is 0 Å². The maximum Gasteiger partial charge on any atom is 0.289 e. The fourth-order valence-electron chi connectivity index (χ4n) is 3.61. The van der Waals surface area contributed by atoms with Crippen molar-refractivity contribution in [1.82, 2.24) is 10.2 Å². The van der Waals surface area contributed by atoms with Gasteiger partial charge in [-0.25, -0.2) is 0 Å². The lowest BCUT2D eigenvalue weighted by Gasteiger charge is -2.31. The van der Waals surface area contributed by atoms with Gasteiger partial charge in [0.15, 0.2) is 5.76 Å². The quantitative estimate of drug-likeness (QED) is 0.811. The number of nitrogens with one attached hydrogen (secondary N) is 1. The van der Waals surface area contributed by atoms with E-state index in [9.17, 15) is 9.59 Å². The predicted octanol–water partition coefficient (Wildman–Crippen LogP) is 3.17. The van der Waals surface area contributed by atoms with Crippen LogP contribution in [0.5, 0.6) is 0 Å². The van der Waals surface area contributed by atoms with E-state index in [1.807, 2.05) is 18.2 Å². The second kappa shape index (κ2) is 8.82. The highest BCUT2D eigenvalue weighted by atomic mass is 16.4. The molecule has 0 saturated carbocycles. The molecule has 6 nitrogen and oxygen atoms in total. The first kappa shape index (κ1) is 21.1. The predicted molar refractivity (Wildman–Crippen MR) is 114 cm³/mol. The number of benzene rings is 1. The van der Waals surface area contributed by atoms with E-state index in [0.29, 0.717) is 37.7 Å². The summed E-state index contributed by atoms with van der Waals surface area (Å²) in [5.41, 5.74) is 7.72. The first-order valence-electron chi connectivity index (χ1n) is 10.3. The van der Waals surface area contributed by atoms with Gasteiger partial charge in [0, 0.05) is 31.7 Å². The fourth-order valence-corrected chi connectivity index (χ4v) is 3.61. The first-order chi connectivity index (χ1) is 13.8. The van der Waals surface area contributed by atoms with E-state index in [4.69, 9.17) is 10.2 Å². The van der Waals surface area contributed by atoms with Crippen LogP contribution < -0.4 is 11.1 Å². The first-order valence-corrected chi connectivity index (χ1v) is 10.3. The number of carbonyl (C=O) groups excluding carboxylic acids is 2. The number of hydrogen-bond donors (Lipinski definition) is 2. The average Bonchev–Trinajstić information content (AvgIpc) is 3.21. The third kappa shape index (κ3) is 5.07. The van der Waals surface area contributed by atoms with Gasteiger partial charge in [-0.15, -0.1) is 0 Å². The highest BCUT2D eigenvalue weighted by molar-refractivity contribution is 5.92. The Labute approximate surface area is 172 Å². The molecule has 0 radical (unpaired) electrons. The van der Waals surface area contributed by atoms with Gasteiger partial charge in [0.25, 0.3) is 5.91 Å². The molecule has 1 aliphatic heterocycles. The largest absolute Gasteiger partial charge is 0.451 e. The summed E-state index contributed by atoms with van der Waals surface area (Å²) in [6, 6.07) is 11.8. The van der Waals surface area contributed by atoms with Gasteiger partial charge in [-0.1, -0.05) is 45.0 Å². The number of nitrogens with zero attached hydrogens (tertiary/aromatic N) is 1. The standard InChI is InChI=1S/C23H31N3O3/c1-23(2,3)18-8-6-16(7-9-18)19-10-11-20(29-19)22(28)26-14-4-5-17(15-26)21(27)25-13-12-24/h6-11,17H,4-5,12-15,24H2,1-3H3,(H,25,27). The minimum Gasteiger partial charge on any atom is -0.451 e. The molecule has 3 N–H and O–H groups in total. The lowest BCUT2D eigenvalue weighted by atomic mass is 9.86. The van der Waals surface area contributed by atoms with Gasteiger partial charge in [0.05, 0.1) is 5.92 Å². The van der Waals surface area contributed by atoms with Crippen molar-refractivity contribution in [3.05, 3.63) is 47.7 Å². The lowest BCUT2D eigenvalue weighted by Crippen LogP contribution is -2.46.